The van der Waals surface area contributed by atoms with Gasteiger partial charge in [0.2, 0.25) is 17.7 Å². The van der Waals surface area contributed by atoms with Crippen molar-refractivity contribution in [1.82, 2.24) is 16.0 Å². The lowest BCUT2D eigenvalue weighted by Crippen LogP contribution is -2.69. The van der Waals surface area contributed by atoms with Crippen molar-refractivity contribution in [2.45, 2.75) is 242 Å². The maximum absolute atomic E-state index is 13.4. The van der Waals surface area contributed by atoms with Crippen LogP contribution in [0.15, 0.2) is 97.1 Å². The van der Waals surface area contributed by atoms with Crippen LogP contribution in [0.3, 0.4) is 0 Å². The first kappa shape index (κ1) is 101. The smallest absolute Gasteiger partial charge is 0.306 e. The lowest BCUT2D eigenvalue weighted by molar-refractivity contribution is -0.374. The van der Waals surface area contributed by atoms with Crippen molar-refractivity contribution in [3.63, 3.8) is 0 Å². The van der Waals surface area contributed by atoms with Gasteiger partial charge < -0.3 is 154 Å². The summed E-state index contributed by atoms with van der Waals surface area (Å²) in [5, 5.41) is 8.62. The van der Waals surface area contributed by atoms with E-state index < -0.39 is 208 Å². The largest absolute Gasteiger partial charge is 0.465 e. The van der Waals surface area contributed by atoms with E-state index in [0.29, 0.717) is 0 Å². The molecule has 6 saturated heterocycles. The maximum atomic E-state index is 13.4. The lowest BCUT2D eigenvalue weighted by Gasteiger charge is -2.51. The molecular weight excluding hydrogens is 1660 g/mol. The molecule has 37 nitrogen and oxygen atoms in total. The molecule has 708 valence electrons. The Morgan fingerprint density at radius 3 is 0.890 bits per heavy atom. The van der Waals surface area contributed by atoms with E-state index in [2.05, 4.69) is 52.3 Å². The average molecular weight is 1800 g/mol. The van der Waals surface area contributed by atoms with Crippen LogP contribution in [0.5, 0.6) is 0 Å². The number of nitrogens with two attached hydrogens (primary N) is 1. The summed E-state index contributed by atoms with van der Waals surface area (Å²) in [6.45, 7) is 5.56. The summed E-state index contributed by atoms with van der Waals surface area (Å²) in [6, 6.07) is 31.4. The third-order valence-corrected chi connectivity index (χ3v) is 24.7. The van der Waals surface area contributed by atoms with Crippen molar-refractivity contribution in [1.29, 1.82) is 0 Å². The number of carbonyl (C=O) groups is 5. The summed E-state index contributed by atoms with van der Waals surface area (Å²) in [7, 11) is 24.2. The number of esters is 2. The number of methoxy groups -OCH3 is 16. The third kappa shape index (κ3) is 23.3. The monoisotopic (exact) mass is 1790 g/mol. The molecule has 30 atom stereocenters. The summed E-state index contributed by atoms with van der Waals surface area (Å²) in [6.07, 6.45) is -23.7. The summed E-state index contributed by atoms with van der Waals surface area (Å²) in [5.41, 5.74) is 15.3. The molecule has 2 aliphatic carbocycles. The van der Waals surface area contributed by atoms with Crippen molar-refractivity contribution < 1.29 is 157 Å². The lowest BCUT2D eigenvalue weighted by atomic mass is 9.94. The fourth-order valence-corrected chi connectivity index (χ4v) is 18.6. The normalized spacial score (nSPS) is 34.0. The molecule has 6 aliphatic heterocycles. The number of fused-ring (bicyclic) bond motifs is 6. The van der Waals surface area contributed by atoms with Gasteiger partial charge in [0, 0.05) is 145 Å². The zero-order valence-electron chi connectivity index (χ0n) is 75.8. The van der Waals surface area contributed by atoms with E-state index in [9.17, 15) is 24.0 Å². The number of hydrogen-bond donors (Lipinski definition) is 4. The van der Waals surface area contributed by atoms with Crippen molar-refractivity contribution in [3.8, 4) is 22.3 Å². The van der Waals surface area contributed by atoms with Gasteiger partial charge in [0.1, 0.15) is 135 Å². The highest BCUT2D eigenvalue weighted by molar-refractivity contribution is 5.83. The van der Waals surface area contributed by atoms with Crippen molar-refractivity contribution >= 4 is 29.7 Å². The molecule has 37 heteroatoms. The van der Waals surface area contributed by atoms with Crippen LogP contribution >= 0.6 is 0 Å². The molecule has 8 aliphatic rings. The number of hydrogen-bond acceptors (Lipinski definition) is 34. The van der Waals surface area contributed by atoms with E-state index in [0.717, 1.165) is 44.5 Å². The number of ether oxygens (including phenoxy) is 28. The SMILES string of the molecule is COCC1OC(NC(=O)CCC(=O)OCC2c3ccccc3-c3ccccc32)C(OC)C(OC)C1OC1OC(COC)C(OC2OC(C)[C@@H](N)C(OC)C2OC)C(OC)C1OC.COCC1OC(NC(=O)CCC(=O)OCC2c3ccccc3-c3ccccc32)C(OC)C(OC)C1OC1OC(COC)C(OC2OC(C)[C@@H](NC(C)=O)C(OC)C2OC)C(OC)C1OC. The Bertz CT molecular complexity index is 4010. The minimum Gasteiger partial charge on any atom is -0.465 e. The van der Waals surface area contributed by atoms with Crippen LogP contribution in [0.4, 0.5) is 0 Å². The second-order valence-electron chi connectivity index (χ2n) is 32.1. The highest BCUT2D eigenvalue weighted by Gasteiger charge is 2.59. The second-order valence-corrected chi connectivity index (χ2v) is 32.1. The number of nitrogens with one attached hydrogen (secondary N) is 3. The van der Waals surface area contributed by atoms with Crippen LogP contribution in [-0.2, 0) is 157 Å². The third-order valence-electron chi connectivity index (χ3n) is 24.7. The number of carbonyl (C=O) groups excluding carboxylic acids is 5. The number of amides is 3. The van der Waals surface area contributed by atoms with Crippen LogP contribution in [0, 0.1) is 0 Å². The first-order valence-corrected chi connectivity index (χ1v) is 42.7. The predicted molar refractivity (Wildman–Crippen MR) is 450 cm³/mol. The van der Waals surface area contributed by atoms with Crippen LogP contribution in [0.2, 0.25) is 0 Å². The molecule has 4 aromatic rings. The minimum absolute atomic E-state index is 0.0220. The Morgan fingerprint density at radius 2 is 0.583 bits per heavy atom. The molecular formula is C90H130N4O33. The summed E-state index contributed by atoms with van der Waals surface area (Å²) >= 11 is 0. The van der Waals surface area contributed by atoms with Crippen LogP contribution in [0.1, 0.15) is 80.5 Å². The quantitative estimate of drug-likeness (QED) is 0.0456. The maximum Gasteiger partial charge on any atom is 0.306 e. The molecule has 28 unspecified atom stereocenters. The number of rotatable bonds is 41. The summed E-state index contributed by atoms with van der Waals surface area (Å²) in [4.78, 5) is 64.9. The molecule has 0 aromatic heterocycles. The Morgan fingerprint density at radius 1 is 0.307 bits per heavy atom. The minimum atomic E-state index is -1.11. The van der Waals surface area contributed by atoms with E-state index in [1.54, 1.807) is 14.0 Å². The molecule has 5 N–H and O–H groups in total. The molecule has 0 saturated carbocycles. The summed E-state index contributed by atoms with van der Waals surface area (Å²) in [5.74, 6) is -2.35. The average Bonchev–Trinajstić information content (AvgIpc) is 1.71. The predicted octanol–water partition coefficient (Wildman–Crippen LogP) is 4.00. The standard InChI is InChI=1S/C46H66N2O17.C44H64N2O16/c1-24-35(47-25(2)49)38(54-5)42(58-9)45(61-24)64-37-32(23-53-4)63-46(43(59-10)40(37)56-7)65-36-31(22-52-3)62-44(41(57-8)39(36)55-6)48-33(50)19-20-34(51)60-21-30-28-17-13-11-15-26(28)27-16-12-14-18-29(27)30;1-23-33(45)36(51-4)40(55-8)43(58-23)61-35-30(22-50-3)60-44(41(56-9)38(35)53-6)62-34-29(21-49-2)59-42(39(54-7)37(34)52-5)46-31(47)18-19-32(48)57-20-28-26-16-12-10-14-24(26)25-15-11-13-17-27(25)28/h11-18,24,30-32,35-46H,19-23H2,1-10H3,(H,47,49)(H,48,50);10-17,23,28-30,33-44H,18-22,45H2,1-9H3,(H,46,47)/t24?,31?,32?,35-,36?,37?,38?,39?,40?,41?,42?,43?,44?,45?,46?;23?,29?,30?,33-,34?,35?,36?,37?,38?,39?,40?,41?,42?,43?,44?/m11/s1. The van der Waals surface area contributed by atoms with Gasteiger partial charge in [0.15, 0.2) is 37.6 Å². The molecule has 4 aromatic carbocycles. The van der Waals surface area contributed by atoms with Gasteiger partial charge >= 0.3 is 11.9 Å². The van der Waals surface area contributed by atoms with Crippen LogP contribution in [0.25, 0.3) is 22.3 Å². The van der Waals surface area contributed by atoms with Gasteiger partial charge in [-0.25, -0.2) is 0 Å². The molecule has 0 spiro atoms. The molecule has 6 fully saturated rings. The van der Waals surface area contributed by atoms with Gasteiger partial charge in [-0.3, -0.25) is 24.0 Å². The number of benzene rings is 4. The molecule has 3 amide bonds. The van der Waals surface area contributed by atoms with E-state index in [4.69, 9.17) is 138 Å². The van der Waals surface area contributed by atoms with Gasteiger partial charge in [0.05, 0.1) is 63.6 Å². The second kappa shape index (κ2) is 48.5. The Labute approximate surface area is 742 Å². The van der Waals surface area contributed by atoms with Gasteiger partial charge in [-0.2, -0.15) is 0 Å². The molecule has 0 bridgehead atoms. The van der Waals surface area contributed by atoms with Crippen molar-refractivity contribution in [2.75, 3.05) is 153 Å². The van der Waals surface area contributed by atoms with E-state index in [-0.39, 0.29) is 83.1 Å². The fraction of sp³-hybridized carbons (Fsp3) is 0.678. The van der Waals surface area contributed by atoms with E-state index in [1.165, 1.54) is 114 Å². The Balaban J connectivity index is 0.000000247. The zero-order valence-corrected chi connectivity index (χ0v) is 75.8. The van der Waals surface area contributed by atoms with Crippen LogP contribution in [-0.4, -0.2) is 367 Å². The van der Waals surface area contributed by atoms with Gasteiger partial charge in [-0.05, 0) is 58.4 Å². The molecule has 127 heavy (non-hydrogen) atoms. The topological polar surface area (TPSA) is 406 Å². The van der Waals surface area contributed by atoms with Gasteiger partial charge in [-0.15, -0.1) is 0 Å². The van der Waals surface area contributed by atoms with Crippen molar-refractivity contribution in [3.05, 3.63) is 119 Å². The van der Waals surface area contributed by atoms with E-state index >= 15 is 0 Å². The highest BCUT2D eigenvalue weighted by Crippen LogP contribution is 2.47. The fourth-order valence-electron chi connectivity index (χ4n) is 18.6. The van der Waals surface area contributed by atoms with E-state index in [1.807, 2.05) is 67.6 Å². The van der Waals surface area contributed by atoms with Crippen molar-refractivity contribution in [2.24, 2.45) is 5.73 Å². The van der Waals surface area contributed by atoms with Gasteiger partial charge in [0.25, 0.3) is 0 Å². The van der Waals surface area contributed by atoms with Gasteiger partial charge in [-0.1, -0.05) is 97.1 Å². The first-order chi connectivity index (χ1) is 61.5. The van der Waals surface area contributed by atoms with Crippen LogP contribution < -0.4 is 21.7 Å². The Hall–Kier alpha value is -6.85. The zero-order chi connectivity index (χ0) is 91.3. The molecule has 0 radical (unpaired) electrons. The molecule has 6 heterocycles. The first-order valence-electron chi connectivity index (χ1n) is 42.7. The summed E-state index contributed by atoms with van der Waals surface area (Å²) < 4.78 is 170. The highest BCUT2D eigenvalue weighted by atomic mass is 16.8. The molecule has 12 rings (SSSR count). The Kier molecular flexibility index (Phi) is 38.5.